The minimum atomic E-state index is 0.249. The number of anilines is 1. The quantitative estimate of drug-likeness (QED) is 0.100. The molecule has 0 spiro atoms. The average Bonchev–Trinajstić information content (AvgIpc) is 3.19. The summed E-state index contributed by atoms with van der Waals surface area (Å²) in [4.78, 5) is 4.12. The Morgan fingerprint density at radius 2 is 0.980 bits per heavy atom. The number of rotatable bonds is 4. The Bertz CT molecular complexity index is 2590. The highest BCUT2D eigenvalue weighted by Gasteiger charge is 2.16. The Kier molecular flexibility index (Phi) is 8.33. The van der Waals surface area contributed by atoms with Crippen molar-refractivity contribution in [3.8, 4) is 33.4 Å². The van der Waals surface area contributed by atoms with Crippen LogP contribution in [0, 0.1) is 10.8 Å². The lowest BCUT2D eigenvalue weighted by molar-refractivity contribution is 1.33. The van der Waals surface area contributed by atoms with Crippen molar-refractivity contribution in [1.82, 2.24) is 4.98 Å². The fourth-order valence-electron chi connectivity index (χ4n) is 6.86. The van der Waals surface area contributed by atoms with E-state index in [1.54, 1.807) is 18.3 Å². The van der Waals surface area contributed by atoms with E-state index < -0.39 is 0 Å². The van der Waals surface area contributed by atoms with Crippen molar-refractivity contribution in [2.24, 2.45) is 0 Å². The number of nitrogens with two attached hydrogens (primary N) is 1. The van der Waals surface area contributed by atoms with Gasteiger partial charge in [-0.2, -0.15) is 0 Å². The second-order valence-corrected chi connectivity index (χ2v) is 12.6. The Morgan fingerprint density at radius 1 is 0.431 bits per heavy atom. The lowest BCUT2D eigenvalue weighted by atomic mass is 9.85. The van der Waals surface area contributed by atoms with Gasteiger partial charge in [-0.1, -0.05) is 133 Å². The molecule has 0 unspecified atom stereocenters. The number of pyridine rings is 1. The topological polar surface area (TPSA) is 86.6 Å². The predicted octanol–water partition coefficient (Wildman–Crippen LogP) is 11.8. The second kappa shape index (κ2) is 13.5. The first kappa shape index (κ1) is 31.4. The number of nitrogens with one attached hydrogen (secondary N) is 2. The zero-order chi connectivity index (χ0) is 34.7. The number of allylic oxidation sites excluding steroid dienone is 4. The molecule has 7 aromatic carbocycles. The Hall–Kier alpha value is -6.91. The number of hydrogen-bond donors (Lipinski definition) is 3. The van der Waals surface area contributed by atoms with Gasteiger partial charge >= 0.3 is 0 Å². The van der Waals surface area contributed by atoms with Crippen LogP contribution >= 0.6 is 0 Å². The average molecular weight is 655 g/mol. The molecule has 4 nitrogen and oxygen atoms in total. The number of benzene rings is 7. The van der Waals surface area contributed by atoms with E-state index >= 15 is 0 Å². The third kappa shape index (κ3) is 6.23. The van der Waals surface area contributed by atoms with Crippen LogP contribution in [0.15, 0.2) is 182 Å². The van der Waals surface area contributed by atoms with Gasteiger partial charge in [0.1, 0.15) is 0 Å². The highest BCUT2D eigenvalue weighted by atomic mass is 14.6. The van der Waals surface area contributed by atoms with Crippen molar-refractivity contribution in [3.05, 3.63) is 188 Å². The van der Waals surface area contributed by atoms with E-state index in [-0.39, 0.29) is 11.4 Å². The Balaban J connectivity index is 0.000000162. The molecule has 0 aliphatic heterocycles. The highest BCUT2D eigenvalue weighted by molar-refractivity contribution is 6.50. The molecule has 9 rings (SSSR count). The predicted molar refractivity (Wildman–Crippen MR) is 216 cm³/mol. The highest BCUT2D eigenvalue weighted by Crippen LogP contribution is 2.44. The first-order valence-corrected chi connectivity index (χ1v) is 16.9. The number of hydrogen-bond acceptors (Lipinski definition) is 4. The van der Waals surface area contributed by atoms with Gasteiger partial charge in [0.25, 0.3) is 0 Å². The summed E-state index contributed by atoms with van der Waals surface area (Å²) in [5.74, 6) is 0. The molecule has 242 valence electrons. The maximum atomic E-state index is 7.69. The molecule has 0 fully saturated rings. The van der Waals surface area contributed by atoms with Crippen LogP contribution < -0.4 is 5.73 Å². The maximum absolute atomic E-state index is 7.69. The van der Waals surface area contributed by atoms with Gasteiger partial charge in [0.15, 0.2) is 0 Å². The molecule has 0 saturated heterocycles. The van der Waals surface area contributed by atoms with Crippen LogP contribution in [0.1, 0.15) is 5.56 Å². The number of nitrogens with zero attached hydrogens (tertiary/aromatic N) is 1. The molecule has 0 bridgehead atoms. The van der Waals surface area contributed by atoms with E-state index in [9.17, 15) is 0 Å². The van der Waals surface area contributed by atoms with Gasteiger partial charge in [-0.3, -0.25) is 15.8 Å². The molecule has 0 saturated carbocycles. The normalized spacial score (nSPS) is 12.5. The van der Waals surface area contributed by atoms with Crippen LogP contribution in [-0.2, 0) is 0 Å². The van der Waals surface area contributed by atoms with Gasteiger partial charge in [0.2, 0.25) is 0 Å². The van der Waals surface area contributed by atoms with Crippen molar-refractivity contribution in [2.45, 2.75) is 0 Å². The van der Waals surface area contributed by atoms with Crippen LogP contribution in [0.25, 0.3) is 71.3 Å². The summed E-state index contributed by atoms with van der Waals surface area (Å²) in [5, 5.41) is 22.8. The zero-order valence-electron chi connectivity index (χ0n) is 27.8. The number of fused-ring (bicyclic) bond motifs is 3. The van der Waals surface area contributed by atoms with Crippen LogP contribution in [0.5, 0.6) is 0 Å². The molecule has 0 radical (unpaired) electrons. The summed E-state index contributed by atoms with van der Waals surface area (Å²) in [6.07, 6.45) is 8.86. The molecule has 1 aromatic heterocycles. The molecular formula is C47H34N4. The largest absolute Gasteiger partial charge is 0.399 e. The molecule has 0 amide bonds. The van der Waals surface area contributed by atoms with Crippen LogP contribution in [0.4, 0.5) is 5.69 Å². The SMILES string of the molecule is N=C1C=CC(c2ccc(-c3cccnc3)cc2)=CC1=N.Nc1ccc(-c2c3ccccc3c(-c3ccc4ccccc4c3)c3ccccc23)cc1. The summed E-state index contributed by atoms with van der Waals surface area (Å²) in [7, 11) is 0. The fraction of sp³-hybridized carbons (Fsp3) is 0. The Labute approximate surface area is 296 Å². The molecule has 51 heavy (non-hydrogen) atoms. The summed E-state index contributed by atoms with van der Waals surface area (Å²) in [6.45, 7) is 0. The lowest BCUT2D eigenvalue weighted by Crippen LogP contribution is -2.09. The van der Waals surface area contributed by atoms with Gasteiger partial charge in [-0.05, 0) is 113 Å². The summed E-state index contributed by atoms with van der Waals surface area (Å²) in [5.41, 5.74) is 16.4. The summed E-state index contributed by atoms with van der Waals surface area (Å²) < 4.78 is 0. The van der Waals surface area contributed by atoms with E-state index in [2.05, 4.69) is 108 Å². The van der Waals surface area contributed by atoms with Gasteiger partial charge < -0.3 is 5.73 Å². The van der Waals surface area contributed by atoms with Crippen molar-refractivity contribution >= 4 is 55.0 Å². The molecule has 0 atom stereocenters. The monoisotopic (exact) mass is 654 g/mol. The van der Waals surface area contributed by atoms with Crippen LogP contribution in [0.3, 0.4) is 0 Å². The van der Waals surface area contributed by atoms with Crippen LogP contribution in [-0.4, -0.2) is 16.4 Å². The van der Waals surface area contributed by atoms with Gasteiger partial charge in [0, 0.05) is 18.1 Å². The minimum Gasteiger partial charge on any atom is -0.399 e. The molecule has 1 aliphatic carbocycles. The van der Waals surface area contributed by atoms with E-state index in [4.69, 9.17) is 16.6 Å². The molecule has 4 N–H and O–H groups in total. The molecular weight excluding hydrogens is 621 g/mol. The zero-order valence-corrected chi connectivity index (χ0v) is 27.8. The molecule has 1 heterocycles. The number of nitrogen functional groups attached to an aromatic ring is 1. The number of aromatic nitrogens is 1. The second-order valence-electron chi connectivity index (χ2n) is 12.6. The van der Waals surface area contributed by atoms with Gasteiger partial charge in [0.05, 0.1) is 11.4 Å². The van der Waals surface area contributed by atoms with Gasteiger partial charge in [-0.25, -0.2) is 0 Å². The summed E-state index contributed by atoms with van der Waals surface area (Å²) >= 11 is 0. The van der Waals surface area contributed by atoms with E-state index in [1.165, 1.54) is 54.6 Å². The maximum Gasteiger partial charge on any atom is 0.0795 e. The molecule has 1 aliphatic rings. The standard InChI is InChI=1S/C30H21N.C17H13N3/c31-24-17-15-21(16-18-24)29-25-9-3-5-11-27(25)30(28-12-6-4-10-26(28)29)23-14-13-20-7-1-2-8-22(20)19-23;18-16-8-7-14(10-17(16)19)12-3-5-13(6-4-12)15-2-1-9-20-11-15/h1-19H,31H2;1-11,18-19H. The fourth-order valence-corrected chi connectivity index (χ4v) is 6.86. The van der Waals surface area contributed by atoms with Crippen molar-refractivity contribution in [2.75, 3.05) is 5.73 Å². The van der Waals surface area contributed by atoms with Crippen molar-refractivity contribution < 1.29 is 0 Å². The van der Waals surface area contributed by atoms with E-state index in [0.29, 0.717) is 0 Å². The third-order valence-electron chi connectivity index (χ3n) is 9.40. The smallest absolute Gasteiger partial charge is 0.0795 e. The minimum absolute atomic E-state index is 0.249. The van der Waals surface area contributed by atoms with Gasteiger partial charge in [-0.15, -0.1) is 0 Å². The first-order valence-electron chi connectivity index (χ1n) is 16.9. The summed E-state index contributed by atoms with van der Waals surface area (Å²) in [6, 6.07) is 53.1. The molecule has 8 aromatic rings. The van der Waals surface area contributed by atoms with Crippen molar-refractivity contribution in [1.29, 1.82) is 10.8 Å². The van der Waals surface area contributed by atoms with E-state index in [0.717, 1.165) is 28.0 Å². The lowest BCUT2D eigenvalue weighted by Gasteiger charge is -2.18. The van der Waals surface area contributed by atoms with Crippen molar-refractivity contribution in [3.63, 3.8) is 0 Å². The Morgan fingerprint density at radius 3 is 1.59 bits per heavy atom. The molecule has 4 heteroatoms. The van der Waals surface area contributed by atoms with Crippen LogP contribution in [0.2, 0.25) is 0 Å². The van der Waals surface area contributed by atoms with E-state index in [1.807, 2.05) is 60.8 Å². The first-order chi connectivity index (χ1) is 25.0. The third-order valence-corrected chi connectivity index (χ3v) is 9.40.